The summed E-state index contributed by atoms with van der Waals surface area (Å²) in [5, 5.41) is 0.547. The Morgan fingerprint density at radius 3 is 2.56 bits per heavy atom. The lowest BCUT2D eigenvalue weighted by atomic mass is 9.80. The zero-order valence-corrected chi connectivity index (χ0v) is 15.0. The molecule has 2 aromatic rings. The molecule has 1 aliphatic heterocycles. The maximum absolute atomic E-state index is 12.9. The number of rotatable bonds is 4. The third-order valence-electron chi connectivity index (χ3n) is 4.93. The molecule has 2 N–H and O–H groups in total. The van der Waals surface area contributed by atoms with Crippen LogP contribution in [0, 0.1) is 6.92 Å². The lowest BCUT2D eigenvalue weighted by Crippen LogP contribution is -2.60. The Balaban J connectivity index is 2.12. The molecule has 1 saturated heterocycles. The van der Waals surface area contributed by atoms with E-state index in [2.05, 4.69) is 0 Å². The van der Waals surface area contributed by atoms with E-state index in [-0.39, 0.29) is 18.1 Å². The normalized spacial score (nSPS) is 18.6. The van der Waals surface area contributed by atoms with Gasteiger partial charge in [-0.1, -0.05) is 13.0 Å². The van der Waals surface area contributed by atoms with E-state index < -0.39 is 11.8 Å². The van der Waals surface area contributed by atoms with Gasteiger partial charge >= 0.3 is 0 Å². The second-order valence-corrected chi connectivity index (χ2v) is 7.46. The molecule has 0 bridgehead atoms. The molecular formula is C18H24F2N4O. The van der Waals surface area contributed by atoms with E-state index in [9.17, 15) is 13.6 Å². The molecule has 0 spiro atoms. The summed E-state index contributed by atoms with van der Waals surface area (Å²) in [4.78, 5) is 19.3. The zero-order chi connectivity index (χ0) is 18.5. The average molecular weight is 350 g/mol. The van der Waals surface area contributed by atoms with Gasteiger partial charge < -0.3 is 5.73 Å². The number of likely N-dealkylation sites (tertiary alicyclic amines) is 1. The van der Waals surface area contributed by atoms with Crippen LogP contribution in [0.15, 0.2) is 16.9 Å². The summed E-state index contributed by atoms with van der Waals surface area (Å²) in [5.74, 6) is 0.626. The molecule has 5 nitrogen and oxygen atoms in total. The number of fused-ring (bicyclic) bond motifs is 1. The summed E-state index contributed by atoms with van der Waals surface area (Å²) in [7, 11) is 1.69. The molecule has 0 unspecified atom stereocenters. The number of aromatic nitrogens is 2. The Labute approximate surface area is 145 Å². The molecule has 3 rings (SSSR count). The first-order chi connectivity index (χ1) is 11.6. The first kappa shape index (κ1) is 17.9. The molecule has 0 radical (unpaired) electrons. The molecule has 1 fully saturated rings. The summed E-state index contributed by atoms with van der Waals surface area (Å²) in [6.45, 7) is 6.42. The number of halogens is 2. The molecule has 7 heteroatoms. The highest BCUT2D eigenvalue weighted by Gasteiger charge is 2.44. The Bertz CT molecular complexity index is 869. The maximum Gasteiger partial charge on any atom is 0.261 e. The minimum Gasteiger partial charge on any atom is -0.324 e. The van der Waals surface area contributed by atoms with Crippen LogP contribution in [0.2, 0.25) is 0 Å². The minimum atomic E-state index is -2.36. The van der Waals surface area contributed by atoms with Crippen LogP contribution in [-0.2, 0) is 12.5 Å². The van der Waals surface area contributed by atoms with Crippen LogP contribution in [0.4, 0.5) is 8.78 Å². The molecule has 25 heavy (non-hydrogen) atoms. The second kappa shape index (κ2) is 6.14. The Kier molecular flexibility index (Phi) is 4.41. The smallest absolute Gasteiger partial charge is 0.261 e. The van der Waals surface area contributed by atoms with Crippen molar-refractivity contribution in [3.8, 4) is 0 Å². The van der Waals surface area contributed by atoms with Crippen molar-refractivity contribution in [1.29, 1.82) is 0 Å². The molecule has 1 aromatic heterocycles. The van der Waals surface area contributed by atoms with Gasteiger partial charge in [-0.2, -0.15) is 0 Å². The van der Waals surface area contributed by atoms with Crippen LogP contribution >= 0.6 is 0 Å². The van der Waals surface area contributed by atoms with Crippen molar-refractivity contribution < 1.29 is 8.78 Å². The summed E-state index contributed by atoms with van der Waals surface area (Å²) in [6, 6.07) is 3.53. The summed E-state index contributed by atoms with van der Waals surface area (Å²) in [6.07, 6.45) is -2.36. The molecule has 1 aromatic carbocycles. The van der Waals surface area contributed by atoms with E-state index >= 15 is 0 Å². The van der Waals surface area contributed by atoms with E-state index in [0.29, 0.717) is 29.8 Å². The number of alkyl halides is 2. The second-order valence-electron chi connectivity index (χ2n) is 7.46. The fraction of sp³-hybridized carbons (Fsp3) is 0.556. The van der Waals surface area contributed by atoms with Gasteiger partial charge in [-0.05, 0) is 31.0 Å². The van der Waals surface area contributed by atoms with Crippen molar-refractivity contribution in [3.63, 3.8) is 0 Å². The molecular weight excluding hydrogens is 326 g/mol. The van der Waals surface area contributed by atoms with E-state index in [1.165, 1.54) is 0 Å². The Hall–Kier alpha value is -1.86. The van der Waals surface area contributed by atoms with Gasteiger partial charge in [0.05, 0.1) is 22.9 Å². The first-order valence-corrected chi connectivity index (χ1v) is 8.40. The highest BCUT2D eigenvalue weighted by Crippen LogP contribution is 2.34. The Morgan fingerprint density at radius 1 is 1.36 bits per heavy atom. The molecule has 1 aliphatic rings. The van der Waals surface area contributed by atoms with Crippen LogP contribution in [0.5, 0.6) is 0 Å². The third kappa shape index (κ3) is 3.06. The van der Waals surface area contributed by atoms with Crippen LogP contribution in [0.3, 0.4) is 0 Å². The lowest BCUT2D eigenvalue weighted by Gasteiger charge is -2.47. The summed E-state index contributed by atoms with van der Waals surface area (Å²) >= 11 is 0. The maximum atomic E-state index is 12.9. The van der Waals surface area contributed by atoms with Crippen LogP contribution in [0.1, 0.15) is 36.8 Å². The van der Waals surface area contributed by atoms with E-state index in [1.54, 1.807) is 16.5 Å². The van der Waals surface area contributed by atoms with Gasteiger partial charge in [0.15, 0.2) is 0 Å². The molecule has 0 amide bonds. The van der Waals surface area contributed by atoms with Crippen LogP contribution in [0.25, 0.3) is 10.9 Å². The van der Waals surface area contributed by atoms with Gasteiger partial charge in [-0.3, -0.25) is 14.3 Å². The van der Waals surface area contributed by atoms with Crippen molar-refractivity contribution in [2.75, 3.05) is 19.6 Å². The molecule has 136 valence electrons. The predicted molar refractivity (Wildman–Crippen MR) is 94.1 cm³/mol. The van der Waals surface area contributed by atoms with Crippen molar-refractivity contribution in [2.45, 2.75) is 38.7 Å². The van der Waals surface area contributed by atoms with Crippen LogP contribution < -0.4 is 11.3 Å². The third-order valence-corrected chi connectivity index (χ3v) is 4.93. The summed E-state index contributed by atoms with van der Waals surface area (Å²) in [5.41, 5.74) is 7.95. The van der Waals surface area contributed by atoms with Crippen molar-refractivity contribution in [1.82, 2.24) is 14.5 Å². The van der Waals surface area contributed by atoms with Gasteiger partial charge in [0.1, 0.15) is 5.82 Å². The standard InChI is InChI=1S/C18H24F2N4O/c1-10-5-12(11(2)21)15-13(6-10)16(25)23(4)17(22-15)18(3)8-24(9-18)7-14(19)20/h5-6,11,14H,7-9,21H2,1-4H3/t11-/m1/s1. The number of aryl methyl sites for hydroxylation is 1. The van der Waals surface area contributed by atoms with Gasteiger partial charge in [-0.15, -0.1) is 0 Å². The van der Waals surface area contributed by atoms with Crippen molar-refractivity contribution in [2.24, 2.45) is 12.8 Å². The predicted octanol–water partition coefficient (Wildman–Crippen LogP) is 2.10. The highest BCUT2D eigenvalue weighted by molar-refractivity contribution is 5.82. The fourth-order valence-electron chi connectivity index (χ4n) is 3.85. The number of hydrogen-bond donors (Lipinski definition) is 1. The fourth-order valence-corrected chi connectivity index (χ4v) is 3.85. The van der Waals surface area contributed by atoms with Crippen LogP contribution in [-0.4, -0.2) is 40.5 Å². The number of nitrogens with two attached hydrogens (primary N) is 1. The molecule has 0 aliphatic carbocycles. The van der Waals surface area contributed by atoms with Crippen molar-refractivity contribution >= 4 is 10.9 Å². The van der Waals surface area contributed by atoms with E-state index in [0.717, 1.165) is 11.1 Å². The highest BCUT2D eigenvalue weighted by atomic mass is 19.3. The van der Waals surface area contributed by atoms with Gasteiger partial charge in [-0.25, -0.2) is 13.8 Å². The topological polar surface area (TPSA) is 64.2 Å². The molecule has 2 heterocycles. The lowest BCUT2D eigenvalue weighted by molar-refractivity contribution is 0.00892. The monoisotopic (exact) mass is 350 g/mol. The van der Waals surface area contributed by atoms with E-state index in [4.69, 9.17) is 10.7 Å². The van der Waals surface area contributed by atoms with Crippen molar-refractivity contribution in [3.05, 3.63) is 39.4 Å². The number of nitrogens with zero attached hydrogens (tertiary/aromatic N) is 3. The number of benzene rings is 1. The van der Waals surface area contributed by atoms with Gasteiger partial charge in [0, 0.05) is 26.2 Å². The Morgan fingerprint density at radius 2 is 2.00 bits per heavy atom. The first-order valence-electron chi connectivity index (χ1n) is 8.40. The number of hydrogen-bond acceptors (Lipinski definition) is 4. The molecule has 1 atom stereocenters. The SMILES string of the molecule is Cc1cc([C@@H](C)N)c2nc(C3(C)CN(CC(F)F)C3)n(C)c(=O)c2c1. The largest absolute Gasteiger partial charge is 0.324 e. The zero-order valence-electron chi connectivity index (χ0n) is 15.0. The molecule has 0 saturated carbocycles. The van der Waals surface area contributed by atoms with E-state index in [1.807, 2.05) is 32.9 Å². The van der Waals surface area contributed by atoms with Gasteiger partial charge in [0.2, 0.25) is 0 Å². The van der Waals surface area contributed by atoms with Gasteiger partial charge in [0.25, 0.3) is 12.0 Å². The minimum absolute atomic E-state index is 0.126. The average Bonchev–Trinajstić information content (AvgIpc) is 2.48. The quantitative estimate of drug-likeness (QED) is 0.917. The summed E-state index contributed by atoms with van der Waals surface area (Å²) < 4.78 is 26.7.